The van der Waals surface area contributed by atoms with E-state index in [-0.39, 0.29) is 18.2 Å². The molecule has 0 saturated carbocycles. The molecule has 2 amide bonds. The first-order valence-corrected chi connectivity index (χ1v) is 7.47. The van der Waals surface area contributed by atoms with E-state index in [0.717, 1.165) is 11.3 Å². The van der Waals surface area contributed by atoms with Crippen LogP contribution in [-0.2, 0) is 16.0 Å². The van der Waals surface area contributed by atoms with Gasteiger partial charge in [-0.2, -0.15) is 0 Å². The fourth-order valence-corrected chi connectivity index (χ4v) is 2.18. The van der Waals surface area contributed by atoms with Gasteiger partial charge in [-0.25, -0.2) is 0 Å². The normalized spacial score (nSPS) is 11.9. The monoisotopic (exact) mass is 306 g/mol. The Morgan fingerprint density at radius 3 is 2.23 bits per heavy atom. The summed E-state index contributed by atoms with van der Waals surface area (Å²) < 4.78 is 5.09. The molecular formula is C17H26N2O3. The minimum Gasteiger partial charge on any atom is -0.497 e. The molecule has 1 atom stereocenters. The molecule has 5 nitrogen and oxygen atoms in total. The quantitative estimate of drug-likeness (QED) is 0.836. The Balaban J connectivity index is 2.67. The second kappa shape index (κ2) is 8.41. The summed E-state index contributed by atoms with van der Waals surface area (Å²) in [5.41, 5.74) is 0.888. The minimum atomic E-state index is -0.472. The van der Waals surface area contributed by atoms with Gasteiger partial charge < -0.3 is 15.0 Å². The lowest BCUT2D eigenvalue weighted by Gasteiger charge is -2.23. The molecule has 0 fully saturated rings. The number of nitrogens with zero attached hydrogens (tertiary/aromatic N) is 1. The van der Waals surface area contributed by atoms with Crippen molar-refractivity contribution in [3.63, 3.8) is 0 Å². The SMILES string of the molecule is COc1ccc(CC(=O)NC(CC(C)C)C(=O)N(C)C)cc1. The summed E-state index contributed by atoms with van der Waals surface area (Å²) in [4.78, 5) is 25.8. The molecule has 1 aromatic rings. The molecular weight excluding hydrogens is 280 g/mol. The molecule has 0 aliphatic heterocycles. The van der Waals surface area contributed by atoms with Gasteiger partial charge in [0.15, 0.2) is 0 Å². The summed E-state index contributed by atoms with van der Waals surface area (Å²) >= 11 is 0. The van der Waals surface area contributed by atoms with Crippen LogP contribution in [0.1, 0.15) is 25.8 Å². The molecule has 0 spiro atoms. The Morgan fingerprint density at radius 2 is 1.77 bits per heavy atom. The van der Waals surface area contributed by atoms with E-state index in [1.165, 1.54) is 4.90 Å². The highest BCUT2D eigenvalue weighted by atomic mass is 16.5. The average molecular weight is 306 g/mol. The van der Waals surface area contributed by atoms with Crippen LogP contribution in [0.25, 0.3) is 0 Å². The van der Waals surface area contributed by atoms with Crippen molar-refractivity contribution < 1.29 is 14.3 Å². The summed E-state index contributed by atoms with van der Waals surface area (Å²) in [6, 6.07) is 6.87. The molecule has 0 saturated heterocycles. The van der Waals surface area contributed by atoms with Crippen molar-refractivity contribution in [2.75, 3.05) is 21.2 Å². The Morgan fingerprint density at radius 1 is 1.18 bits per heavy atom. The highest BCUT2D eigenvalue weighted by Gasteiger charge is 2.23. The van der Waals surface area contributed by atoms with Crippen molar-refractivity contribution in [3.05, 3.63) is 29.8 Å². The van der Waals surface area contributed by atoms with E-state index in [1.54, 1.807) is 21.2 Å². The lowest BCUT2D eigenvalue weighted by molar-refractivity contribution is -0.134. The zero-order valence-electron chi connectivity index (χ0n) is 14.1. The number of benzene rings is 1. The molecule has 1 rings (SSSR count). The summed E-state index contributed by atoms with van der Waals surface area (Å²) in [7, 11) is 5.00. The predicted octanol–water partition coefficient (Wildman–Crippen LogP) is 1.86. The van der Waals surface area contributed by atoms with Crippen LogP contribution in [0, 0.1) is 5.92 Å². The van der Waals surface area contributed by atoms with E-state index in [1.807, 2.05) is 38.1 Å². The van der Waals surface area contributed by atoms with Gasteiger partial charge in [0, 0.05) is 14.1 Å². The number of amides is 2. The van der Waals surface area contributed by atoms with Gasteiger partial charge in [-0.1, -0.05) is 26.0 Å². The first-order valence-electron chi connectivity index (χ1n) is 7.47. The third-order valence-corrected chi connectivity index (χ3v) is 3.30. The van der Waals surface area contributed by atoms with E-state index in [0.29, 0.717) is 12.3 Å². The van der Waals surface area contributed by atoms with Crippen molar-refractivity contribution in [1.29, 1.82) is 0 Å². The Bertz CT molecular complexity index is 495. The number of ether oxygens (including phenoxy) is 1. The number of likely N-dealkylation sites (N-methyl/N-ethyl adjacent to an activating group) is 1. The predicted molar refractivity (Wildman–Crippen MR) is 86.8 cm³/mol. The van der Waals surface area contributed by atoms with E-state index >= 15 is 0 Å². The maximum atomic E-state index is 12.2. The first-order chi connectivity index (χ1) is 10.3. The molecule has 0 radical (unpaired) electrons. The third kappa shape index (κ3) is 5.76. The number of carbonyl (C=O) groups is 2. The van der Waals surface area contributed by atoms with E-state index < -0.39 is 6.04 Å². The maximum Gasteiger partial charge on any atom is 0.244 e. The van der Waals surface area contributed by atoms with Crippen LogP contribution >= 0.6 is 0 Å². The molecule has 1 unspecified atom stereocenters. The van der Waals surface area contributed by atoms with Gasteiger partial charge in [0.05, 0.1) is 13.5 Å². The minimum absolute atomic E-state index is 0.0724. The largest absolute Gasteiger partial charge is 0.497 e. The fourth-order valence-electron chi connectivity index (χ4n) is 2.18. The summed E-state index contributed by atoms with van der Waals surface area (Å²) in [6.45, 7) is 4.07. The summed E-state index contributed by atoms with van der Waals surface area (Å²) in [6.07, 6.45) is 0.880. The molecule has 0 bridgehead atoms. The van der Waals surface area contributed by atoms with Crippen LogP contribution in [0.2, 0.25) is 0 Å². The fraction of sp³-hybridized carbons (Fsp3) is 0.529. The zero-order valence-corrected chi connectivity index (χ0v) is 14.1. The smallest absolute Gasteiger partial charge is 0.244 e. The van der Waals surface area contributed by atoms with Crippen molar-refractivity contribution >= 4 is 11.8 Å². The number of carbonyl (C=O) groups excluding carboxylic acids is 2. The molecule has 1 N–H and O–H groups in total. The van der Waals surface area contributed by atoms with Crippen molar-refractivity contribution in [3.8, 4) is 5.75 Å². The summed E-state index contributed by atoms with van der Waals surface area (Å²) in [5.74, 6) is 0.864. The van der Waals surface area contributed by atoms with Crippen LogP contribution < -0.4 is 10.1 Å². The first kappa shape index (κ1) is 18.0. The standard InChI is InChI=1S/C17H26N2O3/c1-12(2)10-15(17(21)19(3)4)18-16(20)11-13-6-8-14(22-5)9-7-13/h6-9,12,15H,10-11H2,1-5H3,(H,18,20). The van der Waals surface area contributed by atoms with Gasteiger partial charge >= 0.3 is 0 Å². The Kier molecular flexibility index (Phi) is 6.89. The zero-order chi connectivity index (χ0) is 16.7. The van der Waals surface area contributed by atoms with Crippen LogP contribution in [0.3, 0.4) is 0 Å². The number of rotatable bonds is 7. The number of hydrogen-bond acceptors (Lipinski definition) is 3. The molecule has 5 heteroatoms. The highest BCUT2D eigenvalue weighted by Crippen LogP contribution is 2.12. The summed E-state index contributed by atoms with van der Waals surface area (Å²) in [5, 5.41) is 2.85. The Hall–Kier alpha value is -2.04. The molecule has 0 aliphatic carbocycles. The maximum absolute atomic E-state index is 12.2. The average Bonchev–Trinajstić information content (AvgIpc) is 2.45. The molecule has 0 aromatic heterocycles. The molecule has 1 aromatic carbocycles. The Labute approximate surface area is 132 Å². The third-order valence-electron chi connectivity index (χ3n) is 3.30. The topological polar surface area (TPSA) is 58.6 Å². The van der Waals surface area contributed by atoms with Crippen LogP contribution in [-0.4, -0.2) is 44.0 Å². The van der Waals surface area contributed by atoms with Gasteiger partial charge in [-0.05, 0) is 30.0 Å². The van der Waals surface area contributed by atoms with E-state index in [2.05, 4.69) is 5.32 Å². The second-order valence-electron chi connectivity index (χ2n) is 6.01. The van der Waals surface area contributed by atoms with E-state index in [4.69, 9.17) is 4.74 Å². The van der Waals surface area contributed by atoms with Crippen molar-refractivity contribution in [2.24, 2.45) is 5.92 Å². The van der Waals surface area contributed by atoms with Crippen LogP contribution in [0.15, 0.2) is 24.3 Å². The van der Waals surface area contributed by atoms with Crippen molar-refractivity contribution in [1.82, 2.24) is 10.2 Å². The molecule has 0 aliphatic rings. The molecule has 122 valence electrons. The van der Waals surface area contributed by atoms with E-state index in [9.17, 15) is 9.59 Å². The number of hydrogen-bond donors (Lipinski definition) is 1. The second-order valence-corrected chi connectivity index (χ2v) is 6.01. The van der Waals surface area contributed by atoms with Gasteiger partial charge in [-0.15, -0.1) is 0 Å². The van der Waals surface area contributed by atoms with Gasteiger partial charge in [0.1, 0.15) is 11.8 Å². The lowest BCUT2D eigenvalue weighted by atomic mass is 10.0. The molecule has 22 heavy (non-hydrogen) atoms. The molecule has 0 heterocycles. The van der Waals surface area contributed by atoms with Gasteiger partial charge in [-0.3, -0.25) is 9.59 Å². The lowest BCUT2D eigenvalue weighted by Crippen LogP contribution is -2.47. The van der Waals surface area contributed by atoms with Crippen LogP contribution in [0.4, 0.5) is 0 Å². The number of methoxy groups -OCH3 is 1. The van der Waals surface area contributed by atoms with Crippen molar-refractivity contribution in [2.45, 2.75) is 32.7 Å². The van der Waals surface area contributed by atoms with Gasteiger partial charge in [0.2, 0.25) is 11.8 Å². The van der Waals surface area contributed by atoms with Gasteiger partial charge in [0.25, 0.3) is 0 Å². The van der Waals surface area contributed by atoms with Crippen LogP contribution in [0.5, 0.6) is 5.75 Å². The number of nitrogens with one attached hydrogen (secondary N) is 1. The highest BCUT2D eigenvalue weighted by molar-refractivity contribution is 5.88.